The quantitative estimate of drug-likeness (QED) is 0.858. The number of hydrogen-bond donors (Lipinski definition) is 1. The Balaban J connectivity index is 1.50. The first-order valence-electron chi connectivity index (χ1n) is 9.51. The monoisotopic (exact) mass is 348 g/mol. The average molecular weight is 348 g/mol. The minimum absolute atomic E-state index is 0.115. The third-order valence-corrected chi connectivity index (χ3v) is 5.62. The maximum Gasteiger partial charge on any atom is 0.222 e. The van der Waals surface area contributed by atoms with Crippen LogP contribution >= 0.6 is 0 Å². The predicted octanol–water partition coefficient (Wildman–Crippen LogP) is 2.31. The van der Waals surface area contributed by atoms with Gasteiger partial charge in [-0.05, 0) is 56.0 Å². The summed E-state index contributed by atoms with van der Waals surface area (Å²) in [7, 11) is 0. The van der Waals surface area contributed by atoms with Gasteiger partial charge >= 0.3 is 0 Å². The number of halogens is 1. The van der Waals surface area contributed by atoms with Crippen LogP contribution in [-0.4, -0.2) is 60.1 Å². The molecule has 1 aromatic carbocycles. The Kier molecular flexibility index (Phi) is 6.43. The van der Waals surface area contributed by atoms with Crippen LogP contribution in [0.3, 0.4) is 0 Å². The highest BCUT2D eigenvalue weighted by atomic mass is 19.1. The van der Waals surface area contributed by atoms with Crippen LogP contribution in [0.15, 0.2) is 24.3 Å². The molecule has 3 rings (SSSR count). The van der Waals surface area contributed by atoms with Gasteiger partial charge in [-0.3, -0.25) is 4.79 Å². The average Bonchev–Trinajstić information content (AvgIpc) is 3.03. The van der Waals surface area contributed by atoms with E-state index in [1.807, 2.05) is 11.0 Å². The van der Waals surface area contributed by atoms with E-state index in [4.69, 9.17) is 0 Å². The predicted molar refractivity (Wildman–Crippen MR) is 95.7 cm³/mol. The first-order chi connectivity index (χ1) is 12.2. The minimum atomic E-state index is -0.256. The van der Waals surface area contributed by atoms with E-state index in [0.29, 0.717) is 25.3 Å². The maximum atomic E-state index is 13.2. The molecule has 0 aromatic heterocycles. The molecule has 2 unspecified atom stereocenters. The van der Waals surface area contributed by atoms with Gasteiger partial charge in [-0.15, -0.1) is 0 Å². The molecule has 1 aromatic rings. The van der Waals surface area contributed by atoms with E-state index >= 15 is 0 Å². The molecule has 2 atom stereocenters. The molecule has 2 aliphatic heterocycles. The molecule has 1 N–H and O–H groups in total. The smallest absolute Gasteiger partial charge is 0.222 e. The lowest BCUT2D eigenvalue weighted by Gasteiger charge is -2.30. The first-order valence-corrected chi connectivity index (χ1v) is 9.51. The Labute approximate surface area is 149 Å². The summed E-state index contributed by atoms with van der Waals surface area (Å²) >= 11 is 0. The number of aliphatic hydroxyl groups is 1. The number of rotatable bonds is 6. The number of carbonyl (C=O) groups excluding carboxylic acids is 1. The van der Waals surface area contributed by atoms with Gasteiger partial charge in [0, 0.05) is 38.6 Å². The summed E-state index contributed by atoms with van der Waals surface area (Å²) < 4.78 is 13.2. The van der Waals surface area contributed by atoms with Gasteiger partial charge in [0.2, 0.25) is 5.91 Å². The van der Waals surface area contributed by atoms with Crippen molar-refractivity contribution in [2.75, 3.05) is 39.3 Å². The molecule has 1 amide bonds. The molecule has 2 fully saturated rings. The number of carbonyl (C=O) groups is 1. The molecule has 4 nitrogen and oxygen atoms in total. The minimum Gasteiger partial charge on any atom is -0.396 e. The molecule has 0 spiro atoms. The Bertz CT molecular complexity index is 575. The first kappa shape index (κ1) is 18.3. The Hall–Kier alpha value is -1.46. The van der Waals surface area contributed by atoms with Crippen LogP contribution in [0.4, 0.5) is 4.39 Å². The number of hydrogen-bond acceptors (Lipinski definition) is 3. The van der Waals surface area contributed by atoms with Crippen molar-refractivity contribution in [1.29, 1.82) is 0 Å². The highest BCUT2D eigenvalue weighted by Gasteiger charge is 2.35. The third-order valence-electron chi connectivity index (χ3n) is 5.62. The van der Waals surface area contributed by atoms with Crippen molar-refractivity contribution >= 4 is 5.91 Å². The van der Waals surface area contributed by atoms with Crippen molar-refractivity contribution in [1.82, 2.24) is 9.80 Å². The van der Waals surface area contributed by atoms with Crippen molar-refractivity contribution in [3.8, 4) is 0 Å². The lowest BCUT2D eigenvalue weighted by atomic mass is 9.95. The fraction of sp³-hybridized carbons (Fsp3) is 0.650. The zero-order valence-electron chi connectivity index (χ0n) is 14.9. The largest absolute Gasteiger partial charge is 0.396 e. The third kappa shape index (κ3) is 5.02. The number of nitrogens with zero attached hydrogens (tertiary/aromatic N) is 2. The Morgan fingerprint density at radius 2 is 1.92 bits per heavy atom. The SMILES string of the molecule is O=C(CCc1cccc(F)c1)N1CC(CO)C(CN2CCCCC2)C1. The number of aliphatic hydroxyl groups excluding tert-OH is 1. The molecule has 138 valence electrons. The molecule has 25 heavy (non-hydrogen) atoms. The van der Waals surface area contributed by atoms with Gasteiger partial charge in [0.25, 0.3) is 0 Å². The number of amides is 1. The van der Waals surface area contributed by atoms with Crippen molar-refractivity contribution in [3.63, 3.8) is 0 Å². The van der Waals surface area contributed by atoms with Crippen molar-refractivity contribution in [2.45, 2.75) is 32.1 Å². The number of benzene rings is 1. The van der Waals surface area contributed by atoms with Gasteiger partial charge in [-0.2, -0.15) is 0 Å². The normalized spacial score (nSPS) is 24.6. The molecule has 2 saturated heterocycles. The summed E-state index contributed by atoms with van der Waals surface area (Å²) in [5.74, 6) is 0.401. The summed E-state index contributed by atoms with van der Waals surface area (Å²) in [6.45, 7) is 4.80. The van der Waals surface area contributed by atoms with E-state index in [1.54, 1.807) is 6.07 Å². The molecular weight excluding hydrogens is 319 g/mol. The fourth-order valence-electron chi connectivity index (χ4n) is 4.13. The molecule has 2 aliphatic rings. The lowest BCUT2D eigenvalue weighted by molar-refractivity contribution is -0.130. The summed E-state index contributed by atoms with van der Waals surface area (Å²) in [6, 6.07) is 6.45. The van der Waals surface area contributed by atoms with Gasteiger partial charge in [-0.1, -0.05) is 18.6 Å². The van der Waals surface area contributed by atoms with Crippen molar-refractivity contribution in [2.24, 2.45) is 11.8 Å². The number of aryl methyl sites for hydroxylation is 1. The second-order valence-electron chi connectivity index (χ2n) is 7.49. The second-order valence-corrected chi connectivity index (χ2v) is 7.49. The molecule has 0 saturated carbocycles. The molecule has 0 bridgehead atoms. The zero-order valence-corrected chi connectivity index (χ0v) is 14.9. The fourth-order valence-corrected chi connectivity index (χ4v) is 4.13. The zero-order chi connectivity index (χ0) is 17.6. The molecular formula is C20H29FN2O2. The van der Waals surface area contributed by atoms with Gasteiger partial charge in [0.15, 0.2) is 0 Å². The number of likely N-dealkylation sites (tertiary alicyclic amines) is 2. The van der Waals surface area contributed by atoms with Crippen LogP contribution in [0.1, 0.15) is 31.2 Å². The van der Waals surface area contributed by atoms with Gasteiger partial charge in [0.1, 0.15) is 5.82 Å². The van der Waals surface area contributed by atoms with E-state index in [9.17, 15) is 14.3 Å². The summed E-state index contributed by atoms with van der Waals surface area (Å²) in [4.78, 5) is 16.9. The lowest BCUT2D eigenvalue weighted by Crippen LogP contribution is -2.37. The van der Waals surface area contributed by atoms with Crippen molar-refractivity contribution in [3.05, 3.63) is 35.6 Å². The van der Waals surface area contributed by atoms with Gasteiger partial charge in [0.05, 0.1) is 0 Å². The number of piperidine rings is 1. The van der Waals surface area contributed by atoms with E-state index in [0.717, 1.165) is 31.7 Å². The van der Waals surface area contributed by atoms with Gasteiger partial charge in [-0.25, -0.2) is 4.39 Å². The van der Waals surface area contributed by atoms with Crippen LogP contribution in [0.5, 0.6) is 0 Å². The van der Waals surface area contributed by atoms with Gasteiger partial charge < -0.3 is 14.9 Å². The summed E-state index contributed by atoms with van der Waals surface area (Å²) in [5, 5.41) is 9.71. The van der Waals surface area contributed by atoms with Crippen molar-refractivity contribution < 1.29 is 14.3 Å². The topological polar surface area (TPSA) is 43.8 Å². The molecule has 5 heteroatoms. The second kappa shape index (κ2) is 8.77. The van der Waals surface area contributed by atoms with E-state index in [-0.39, 0.29) is 24.2 Å². The van der Waals surface area contributed by atoms with Crippen LogP contribution in [-0.2, 0) is 11.2 Å². The van der Waals surface area contributed by atoms with E-state index in [1.165, 1.54) is 31.4 Å². The van der Waals surface area contributed by atoms with Crippen LogP contribution in [0.25, 0.3) is 0 Å². The maximum absolute atomic E-state index is 13.2. The van der Waals surface area contributed by atoms with E-state index < -0.39 is 0 Å². The molecule has 2 heterocycles. The van der Waals surface area contributed by atoms with Crippen LogP contribution < -0.4 is 0 Å². The standard InChI is InChI=1S/C20H29FN2O2/c21-19-6-4-5-16(11-19)7-8-20(25)23-13-17(18(14-23)15-24)12-22-9-2-1-3-10-22/h4-6,11,17-18,24H,1-3,7-10,12-15H2. The summed E-state index contributed by atoms with van der Waals surface area (Å²) in [5.41, 5.74) is 0.858. The highest BCUT2D eigenvalue weighted by Crippen LogP contribution is 2.26. The highest BCUT2D eigenvalue weighted by molar-refractivity contribution is 5.76. The summed E-state index contributed by atoms with van der Waals surface area (Å²) in [6.07, 6.45) is 4.79. The molecule has 0 radical (unpaired) electrons. The van der Waals surface area contributed by atoms with E-state index in [2.05, 4.69) is 4.90 Å². The molecule has 0 aliphatic carbocycles. The van der Waals surface area contributed by atoms with Crippen LogP contribution in [0.2, 0.25) is 0 Å². The Morgan fingerprint density at radius 3 is 2.64 bits per heavy atom. The Morgan fingerprint density at radius 1 is 1.16 bits per heavy atom. The van der Waals surface area contributed by atoms with Crippen LogP contribution in [0, 0.1) is 17.7 Å².